The normalized spacial score (nSPS) is 19.9. The van der Waals surface area contributed by atoms with Gasteiger partial charge in [-0.25, -0.2) is 9.97 Å². The van der Waals surface area contributed by atoms with E-state index in [0.717, 1.165) is 49.4 Å². The van der Waals surface area contributed by atoms with Crippen LogP contribution in [0.4, 0.5) is 0 Å². The van der Waals surface area contributed by atoms with Crippen LogP contribution in [0.25, 0.3) is 17.0 Å². The average molecular weight is 468 g/mol. The third-order valence-electron chi connectivity index (χ3n) is 7.31. The Labute approximate surface area is 205 Å². The van der Waals surface area contributed by atoms with Crippen molar-refractivity contribution < 1.29 is 9.53 Å². The average Bonchev–Trinajstić information content (AvgIpc) is 3.38. The summed E-state index contributed by atoms with van der Waals surface area (Å²) < 4.78 is 7.44. The summed E-state index contributed by atoms with van der Waals surface area (Å²) in [5, 5.41) is 0. The maximum absolute atomic E-state index is 13.4. The van der Waals surface area contributed by atoms with Crippen molar-refractivity contribution in [2.45, 2.75) is 38.4 Å². The second kappa shape index (κ2) is 8.82. The summed E-state index contributed by atoms with van der Waals surface area (Å²) in [4.78, 5) is 27.4. The number of carbonyl (C=O) groups excluding carboxylic acids is 1. The first-order valence-corrected chi connectivity index (χ1v) is 12.2. The van der Waals surface area contributed by atoms with Crippen molar-refractivity contribution >= 4 is 11.7 Å². The first kappa shape index (κ1) is 21.8. The number of likely N-dealkylation sites (tertiary alicyclic amines) is 1. The molecule has 7 heteroatoms. The van der Waals surface area contributed by atoms with Crippen LogP contribution in [0.1, 0.15) is 34.5 Å². The van der Waals surface area contributed by atoms with E-state index in [2.05, 4.69) is 50.4 Å². The number of ether oxygens (including phenoxy) is 1. The third kappa shape index (κ3) is 3.96. The number of imidazole rings is 1. The molecule has 2 aromatic carbocycles. The lowest BCUT2D eigenvalue weighted by molar-refractivity contribution is 0.0402. The summed E-state index contributed by atoms with van der Waals surface area (Å²) in [5.41, 5.74) is 5.15. The Morgan fingerprint density at radius 3 is 2.57 bits per heavy atom. The van der Waals surface area contributed by atoms with Crippen molar-refractivity contribution in [3.8, 4) is 17.0 Å². The van der Waals surface area contributed by atoms with E-state index in [1.165, 1.54) is 5.56 Å². The fourth-order valence-corrected chi connectivity index (χ4v) is 5.60. The Morgan fingerprint density at radius 2 is 1.83 bits per heavy atom. The fourth-order valence-electron chi connectivity index (χ4n) is 5.60. The highest BCUT2D eigenvalue weighted by atomic mass is 16.5. The number of hydrogen-bond donors (Lipinski definition) is 0. The van der Waals surface area contributed by atoms with E-state index < -0.39 is 0 Å². The minimum atomic E-state index is 0.107. The molecule has 2 aromatic heterocycles. The molecule has 1 amide bonds. The molecule has 35 heavy (non-hydrogen) atoms. The summed E-state index contributed by atoms with van der Waals surface area (Å²) in [7, 11) is 1.63. The number of fused-ring (bicyclic) bond motifs is 3. The summed E-state index contributed by atoms with van der Waals surface area (Å²) in [6, 6.07) is 18.4. The summed E-state index contributed by atoms with van der Waals surface area (Å²) in [6.07, 6.45) is 5.90. The minimum Gasteiger partial charge on any atom is -0.497 e. The van der Waals surface area contributed by atoms with Gasteiger partial charge in [0.05, 0.1) is 18.5 Å². The topological polar surface area (TPSA) is 63.0 Å². The molecule has 7 nitrogen and oxygen atoms in total. The zero-order valence-corrected chi connectivity index (χ0v) is 20.1. The van der Waals surface area contributed by atoms with Crippen molar-refractivity contribution in [3.63, 3.8) is 0 Å². The highest BCUT2D eigenvalue weighted by molar-refractivity contribution is 5.95. The van der Waals surface area contributed by atoms with Gasteiger partial charge in [0.1, 0.15) is 5.75 Å². The van der Waals surface area contributed by atoms with Gasteiger partial charge < -0.3 is 9.64 Å². The molecule has 6 rings (SSSR count). The molecular formula is C28H29N5O2. The van der Waals surface area contributed by atoms with Gasteiger partial charge in [0.2, 0.25) is 5.78 Å². The minimum absolute atomic E-state index is 0.107. The zero-order chi connectivity index (χ0) is 23.9. The molecule has 2 aliphatic rings. The van der Waals surface area contributed by atoms with Gasteiger partial charge in [0.15, 0.2) is 0 Å². The highest BCUT2D eigenvalue weighted by Gasteiger charge is 2.43. The number of piperazine rings is 1. The highest BCUT2D eigenvalue weighted by Crippen LogP contribution is 2.34. The molecule has 4 heterocycles. The standard InChI is InChI=1S/C28H29N5O2/c1-19-7-9-20(10-8-19)26-25(32-14-4-13-29-28(32)30-26)18-31-16-22-11-12-23(17-31)33(22)27(34)21-5-3-6-24(15-21)35-2/h3-10,13-15,22-23H,11-12,16-18H2,1-2H3. The molecule has 4 aromatic rings. The number of nitrogens with zero attached hydrogens (tertiary/aromatic N) is 5. The Kier molecular flexibility index (Phi) is 5.49. The maximum atomic E-state index is 13.4. The molecule has 178 valence electrons. The van der Waals surface area contributed by atoms with Gasteiger partial charge in [-0.3, -0.25) is 14.1 Å². The third-order valence-corrected chi connectivity index (χ3v) is 7.31. The molecule has 0 spiro atoms. The molecule has 2 saturated heterocycles. The van der Waals surface area contributed by atoms with Crippen molar-refractivity contribution in [2.75, 3.05) is 20.2 Å². The van der Waals surface area contributed by atoms with Crippen LogP contribution in [0.3, 0.4) is 0 Å². The second-order valence-corrected chi connectivity index (χ2v) is 9.59. The van der Waals surface area contributed by atoms with Crippen LogP contribution in [-0.4, -0.2) is 62.4 Å². The smallest absolute Gasteiger partial charge is 0.254 e. The number of rotatable bonds is 5. The number of aromatic nitrogens is 3. The second-order valence-electron chi connectivity index (χ2n) is 9.59. The van der Waals surface area contributed by atoms with Crippen LogP contribution in [0, 0.1) is 6.92 Å². The Bertz CT molecular complexity index is 1370. The van der Waals surface area contributed by atoms with E-state index in [1.54, 1.807) is 13.3 Å². The lowest BCUT2D eigenvalue weighted by Crippen LogP contribution is -2.55. The molecular weight excluding hydrogens is 438 g/mol. The molecule has 2 unspecified atom stereocenters. The van der Waals surface area contributed by atoms with Gasteiger partial charge in [0, 0.05) is 55.2 Å². The predicted octanol–water partition coefficient (Wildman–Crippen LogP) is 4.20. The van der Waals surface area contributed by atoms with Gasteiger partial charge >= 0.3 is 0 Å². The van der Waals surface area contributed by atoms with Gasteiger partial charge in [-0.2, -0.15) is 0 Å². The van der Waals surface area contributed by atoms with Crippen LogP contribution in [0.5, 0.6) is 5.75 Å². The van der Waals surface area contributed by atoms with Gasteiger partial charge in [-0.15, -0.1) is 0 Å². The van der Waals surface area contributed by atoms with E-state index in [1.807, 2.05) is 36.5 Å². The van der Waals surface area contributed by atoms with Gasteiger partial charge in [0.25, 0.3) is 5.91 Å². The van der Waals surface area contributed by atoms with Gasteiger partial charge in [-0.05, 0) is 44.0 Å². The van der Waals surface area contributed by atoms with E-state index in [-0.39, 0.29) is 18.0 Å². The molecule has 2 bridgehead atoms. The molecule has 0 saturated carbocycles. The van der Waals surface area contributed by atoms with E-state index in [0.29, 0.717) is 17.1 Å². The van der Waals surface area contributed by atoms with E-state index in [9.17, 15) is 4.79 Å². The van der Waals surface area contributed by atoms with Crippen LogP contribution in [0.15, 0.2) is 67.0 Å². The molecule has 2 fully saturated rings. The largest absolute Gasteiger partial charge is 0.497 e. The zero-order valence-electron chi connectivity index (χ0n) is 20.1. The Hall–Kier alpha value is -3.71. The van der Waals surface area contributed by atoms with Crippen LogP contribution in [0.2, 0.25) is 0 Å². The number of amides is 1. The number of aryl methyl sites for hydroxylation is 1. The predicted molar refractivity (Wildman–Crippen MR) is 134 cm³/mol. The summed E-state index contributed by atoms with van der Waals surface area (Å²) >= 11 is 0. The lowest BCUT2D eigenvalue weighted by atomic mass is 10.1. The number of benzene rings is 2. The molecule has 2 atom stereocenters. The van der Waals surface area contributed by atoms with E-state index >= 15 is 0 Å². The SMILES string of the molecule is COc1cccc(C(=O)N2C3CCC2CN(Cc2c(-c4ccc(C)cc4)nc4ncccn24)C3)c1. The first-order valence-electron chi connectivity index (χ1n) is 12.2. The first-order chi connectivity index (χ1) is 17.1. The Balaban J connectivity index is 1.27. The van der Waals surface area contributed by atoms with Gasteiger partial charge in [-0.1, -0.05) is 35.9 Å². The molecule has 0 aliphatic carbocycles. The number of hydrogen-bond acceptors (Lipinski definition) is 5. The maximum Gasteiger partial charge on any atom is 0.254 e. The molecule has 0 N–H and O–H groups in total. The molecule has 2 aliphatic heterocycles. The quantitative estimate of drug-likeness (QED) is 0.440. The Morgan fingerprint density at radius 1 is 1.06 bits per heavy atom. The van der Waals surface area contributed by atoms with Crippen molar-refractivity contribution in [3.05, 3.63) is 83.8 Å². The summed E-state index contributed by atoms with van der Waals surface area (Å²) in [6.45, 7) is 4.57. The van der Waals surface area contributed by atoms with Crippen LogP contribution in [-0.2, 0) is 6.54 Å². The van der Waals surface area contributed by atoms with E-state index in [4.69, 9.17) is 9.72 Å². The monoisotopic (exact) mass is 467 g/mol. The summed E-state index contributed by atoms with van der Waals surface area (Å²) in [5.74, 6) is 1.54. The van der Waals surface area contributed by atoms with Crippen molar-refractivity contribution in [1.29, 1.82) is 0 Å². The van der Waals surface area contributed by atoms with Crippen molar-refractivity contribution in [1.82, 2.24) is 24.2 Å². The number of carbonyl (C=O) groups is 1. The van der Waals surface area contributed by atoms with Crippen LogP contribution < -0.4 is 4.74 Å². The molecule has 0 radical (unpaired) electrons. The fraction of sp³-hybridized carbons (Fsp3) is 0.321. The van der Waals surface area contributed by atoms with Crippen molar-refractivity contribution in [2.24, 2.45) is 0 Å². The lowest BCUT2D eigenvalue weighted by Gasteiger charge is -2.41. The van der Waals surface area contributed by atoms with Crippen LogP contribution >= 0.6 is 0 Å². The number of methoxy groups -OCH3 is 1.